The average Bonchev–Trinajstić information content (AvgIpc) is 3.84. The summed E-state index contributed by atoms with van der Waals surface area (Å²) in [6.07, 6.45) is 3.64. The van der Waals surface area contributed by atoms with E-state index in [1.165, 1.54) is 41.7 Å². The molecular weight excluding hydrogens is 685 g/mol. The Morgan fingerprint density at radius 3 is 1.21 bits per heavy atom. The molecule has 11 aromatic rings. The third kappa shape index (κ3) is 4.60. The van der Waals surface area contributed by atoms with E-state index in [-0.39, 0.29) is 0 Å². The van der Waals surface area contributed by atoms with Crippen LogP contribution in [0.3, 0.4) is 0 Å². The van der Waals surface area contributed by atoms with Crippen molar-refractivity contribution in [3.63, 3.8) is 0 Å². The monoisotopic (exact) mass is 714 g/mol. The number of nitrogens with zero attached hydrogens (tertiary/aromatic N) is 2. The maximum absolute atomic E-state index is 6.55. The first-order valence-electron chi connectivity index (χ1n) is 18.9. The minimum absolute atomic E-state index is 0.771. The Bertz CT molecular complexity index is 3710. The second-order valence-electron chi connectivity index (χ2n) is 14.5. The number of furan rings is 2. The Hall–Kier alpha value is -7.56. The molecule has 4 nitrogen and oxygen atoms in total. The molecule has 0 spiro atoms. The maximum atomic E-state index is 6.55. The van der Waals surface area contributed by atoms with Crippen molar-refractivity contribution in [1.82, 2.24) is 9.97 Å². The number of para-hydroxylation sites is 2. The van der Waals surface area contributed by atoms with Crippen molar-refractivity contribution in [1.29, 1.82) is 0 Å². The molecule has 0 saturated carbocycles. The largest absolute Gasteiger partial charge is 0.454 e. The summed E-state index contributed by atoms with van der Waals surface area (Å²) in [5.74, 6) is 0. The summed E-state index contributed by atoms with van der Waals surface area (Å²) in [6.45, 7) is 0. The molecule has 4 heterocycles. The molecule has 0 radical (unpaired) electrons. The molecule has 1 aliphatic rings. The van der Waals surface area contributed by atoms with Crippen molar-refractivity contribution in [2.45, 2.75) is 0 Å². The zero-order valence-corrected chi connectivity index (χ0v) is 30.0. The fraction of sp³-hybridized carbons (Fsp3) is 0. The van der Waals surface area contributed by atoms with Crippen LogP contribution < -0.4 is 0 Å². The Morgan fingerprint density at radius 1 is 0.304 bits per heavy atom. The molecule has 12 rings (SSSR count). The molecule has 0 amide bonds. The van der Waals surface area contributed by atoms with Crippen LogP contribution in [0.5, 0.6) is 0 Å². The molecule has 4 heteroatoms. The van der Waals surface area contributed by atoms with E-state index in [1.54, 1.807) is 0 Å². The number of aromatic nitrogens is 2. The van der Waals surface area contributed by atoms with Crippen LogP contribution in [0.4, 0.5) is 0 Å². The molecule has 4 aromatic heterocycles. The van der Waals surface area contributed by atoms with Gasteiger partial charge in [0.25, 0.3) is 0 Å². The van der Waals surface area contributed by atoms with Crippen molar-refractivity contribution in [2.75, 3.05) is 0 Å². The predicted molar refractivity (Wildman–Crippen MR) is 223 cm³/mol. The van der Waals surface area contributed by atoms with Crippen LogP contribution in [0.15, 0.2) is 191 Å². The van der Waals surface area contributed by atoms with Crippen LogP contribution in [0, 0.1) is 41.7 Å². The van der Waals surface area contributed by atoms with Gasteiger partial charge >= 0.3 is 0 Å². The van der Waals surface area contributed by atoms with Crippen molar-refractivity contribution >= 4 is 44.1 Å². The highest BCUT2D eigenvalue weighted by Gasteiger charge is 2.18. The molecule has 7 aromatic carbocycles. The zero-order chi connectivity index (χ0) is 36.7. The molecule has 0 saturated heterocycles. The first-order chi connectivity index (χ1) is 27.8. The number of fused-ring (bicyclic) bond motifs is 10. The van der Waals surface area contributed by atoms with E-state index in [2.05, 4.69) is 156 Å². The van der Waals surface area contributed by atoms with Crippen LogP contribution in [-0.2, 0) is 0 Å². The first-order valence-corrected chi connectivity index (χ1v) is 18.9. The van der Waals surface area contributed by atoms with E-state index in [0.29, 0.717) is 0 Å². The molecule has 0 bridgehead atoms. The van der Waals surface area contributed by atoms with Gasteiger partial charge in [0.1, 0.15) is 22.2 Å². The fourth-order valence-electron chi connectivity index (χ4n) is 8.84. The van der Waals surface area contributed by atoms with Gasteiger partial charge in [0.15, 0.2) is 11.2 Å². The number of rotatable bonds is 3. The van der Waals surface area contributed by atoms with Crippen LogP contribution in [0.25, 0.3) is 77.5 Å². The van der Waals surface area contributed by atoms with E-state index in [0.717, 1.165) is 77.5 Å². The van der Waals surface area contributed by atoms with Crippen molar-refractivity contribution in [3.8, 4) is 33.4 Å². The second kappa shape index (κ2) is 12.0. The Morgan fingerprint density at radius 2 is 0.732 bits per heavy atom. The van der Waals surface area contributed by atoms with Gasteiger partial charge in [0.2, 0.25) is 0 Å². The van der Waals surface area contributed by atoms with Gasteiger partial charge in [-0.1, -0.05) is 109 Å². The number of benzene rings is 7. The Kier molecular flexibility index (Phi) is 6.60. The van der Waals surface area contributed by atoms with Crippen LogP contribution in [0.1, 0.15) is 0 Å². The summed E-state index contributed by atoms with van der Waals surface area (Å²) in [4.78, 5) is 9.36. The van der Waals surface area contributed by atoms with Gasteiger partial charge < -0.3 is 8.83 Å². The molecule has 0 atom stereocenters. The van der Waals surface area contributed by atoms with E-state index in [4.69, 9.17) is 8.83 Å². The lowest BCUT2D eigenvalue weighted by atomic mass is 9.91. The molecular formula is C52H30N2O2. The number of pyridine rings is 2. The Labute approximate surface area is 319 Å². The molecule has 0 N–H and O–H groups in total. The highest BCUT2D eigenvalue weighted by molar-refractivity contribution is 6.10. The van der Waals surface area contributed by atoms with Crippen molar-refractivity contribution < 1.29 is 8.83 Å². The highest BCUT2D eigenvalue weighted by atomic mass is 16.3. The summed E-state index contributed by atoms with van der Waals surface area (Å²) in [5.41, 5.74) is 11.2. The molecule has 1 aliphatic carbocycles. The zero-order valence-electron chi connectivity index (χ0n) is 30.0. The van der Waals surface area contributed by atoms with Crippen LogP contribution >= 0.6 is 0 Å². The van der Waals surface area contributed by atoms with Gasteiger partial charge in [-0.3, -0.25) is 9.97 Å². The molecule has 0 fully saturated rings. The van der Waals surface area contributed by atoms with Gasteiger partial charge in [0.05, 0.1) is 0 Å². The minimum atomic E-state index is 0.771. The maximum Gasteiger partial charge on any atom is 0.153 e. The van der Waals surface area contributed by atoms with Gasteiger partial charge in [-0.2, -0.15) is 0 Å². The SMILES string of the molecule is c1ccc2c(c1)=c1ccccc1=c1ccc(-c3cc(-c4cccc5c4oc4cccnc45)cc(-c4cccc5c4oc4cccnc45)c3)cc1=c1ccccc1=2. The molecule has 0 aliphatic heterocycles. The summed E-state index contributed by atoms with van der Waals surface area (Å²) >= 11 is 0. The lowest BCUT2D eigenvalue weighted by Crippen LogP contribution is -1.91. The summed E-state index contributed by atoms with van der Waals surface area (Å²) < 4.78 is 13.1. The molecule has 260 valence electrons. The number of hydrogen-bond donors (Lipinski definition) is 0. The lowest BCUT2D eigenvalue weighted by molar-refractivity contribution is 0.669. The number of hydrogen-bond acceptors (Lipinski definition) is 4. The summed E-state index contributed by atoms with van der Waals surface area (Å²) in [5, 5.41) is 11.8. The topological polar surface area (TPSA) is 52.1 Å². The van der Waals surface area contributed by atoms with Crippen LogP contribution in [-0.4, -0.2) is 9.97 Å². The Balaban J connectivity index is 1.20. The minimum Gasteiger partial charge on any atom is -0.454 e. The highest BCUT2D eigenvalue weighted by Crippen LogP contribution is 2.41. The van der Waals surface area contributed by atoms with Crippen molar-refractivity contribution in [2.24, 2.45) is 0 Å². The standard InChI is InChI=1S/C52H30N2O2/c1-2-12-38-37(11-1)39-13-3-4-15-41(39)43-24-23-31(30-46(43)42-16-6-5-14-40(38)42)32-27-33(35-17-7-19-44-49-47(55-51(35)44)21-9-25-53-49)29-34(28-32)36-18-8-20-45-50-48(56-52(36)45)22-10-26-54-50/h1-30H. The first kappa shape index (κ1) is 30.9. The van der Waals surface area contributed by atoms with Gasteiger partial charge in [0, 0.05) is 34.3 Å². The molecule has 0 unspecified atom stereocenters. The van der Waals surface area contributed by atoms with Crippen LogP contribution in [0.2, 0.25) is 0 Å². The summed E-state index contributed by atoms with van der Waals surface area (Å²) in [6, 6.07) is 60.6. The normalized spacial score (nSPS) is 11.9. The second-order valence-corrected chi connectivity index (χ2v) is 14.5. The fourth-order valence-corrected chi connectivity index (χ4v) is 8.84. The van der Waals surface area contributed by atoms with Crippen molar-refractivity contribution in [3.05, 3.63) is 224 Å². The van der Waals surface area contributed by atoms with Gasteiger partial charge in [-0.15, -0.1) is 0 Å². The van der Waals surface area contributed by atoms with E-state index >= 15 is 0 Å². The van der Waals surface area contributed by atoms with Gasteiger partial charge in [-0.25, -0.2) is 0 Å². The summed E-state index contributed by atoms with van der Waals surface area (Å²) in [7, 11) is 0. The predicted octanol–water partition coefficient (Wildman–Crippen LogP) is 12.7. The third-order valence-electron chi connectivity index (χ3n) is 11.4. The van der Waals surface area contributed by atoms with E-state index < -0.39 is 0 Å². The smallest absolute Gasteiger partial charge is 0.153 e. The molecule has 56 heavy (non-hydrogen) atoms. The van der Waals surface area contributed by atoms with E-state index in [9.17, 15) is 0 Å². The quantitative estimate of drug-likeness (QED) is 0.183. The van der Waals surface area contributed by atoms with E-state index in [1.807, 2.05) is 36.7 Å². The van der Waals surface area contributed by atoms with Gasteiger partial charge in [-0.05, 0) is 125 Å². The third-order valence-corrected chi connectivity index (χ3v) is 11.4. The average molecular weight is 715 g/mol. The lowest BCUT2D eigenvalue weighted by Gasteiger charge is -2.13.